The number of hydrogen-bond donors (Lipinski definition) is 3. The SMILES string of the molecule is CCCCCCCCCCCCCCCCCCCCCCCCC(=O)O[C@H](COC(=O)CCCCCCCCCCCCCCCC(C)C)COP(=O)(O)OC[C@@H](O)COP(=O)(O)OC[C@@H](COC(=O)CCCCCCCCCC)OC(=O)CCCCCCCCCCCC. The van der Waals surface area contributed by atoms with Gasteiger partial charge in [0.2, 0.25) is 0 Å². The minimum absolute atomic E-state index is 0.107. The number of aliphatic hydroxyl groups is 1. The molecular formula is C77H150O17P2. The summed E-state index contributed by atoms with van der Waals surface area (Å²) in [6.07, 6.45) is 59.9. The summed E-state index contributed by atoms with van der Waals surface area (Å²) in [7, 11) is -9.90. The van der Waals surface area contributed by atoms with Crippen LogP contribution in [-0.2, 0) is 65.4 Å². The Hall–Kier alpha value is -1.94. The maximum atomic E-state index is 13.1. The van der Waals surface area contributed by atoms with Gasteiger partial charge in [0.05, 0.1) is 26.4 Å². The molecular weight excluding hydrogens is 1260 g/mol. The van der Waals surface area contributed by atoms with E-state index in [-0.39, 0.29) is 25.7 Å². The molecule has 0 bridgehead atoms. The molecule has 0 rings (SSSR count). The number of phosphoric ester groups is 2. The molecule has 0 radical (unpaired) electrons. The fourth-order valence-electron chi connectivity index (χ4n) is 11.9. The van der Waals surface area contributed by atoms with Crippen molar-refractivity contribution >= 4 is 39.5 Å². The molecule has 5 atom stereocenters. The van der Waals surface area contributed by atoms with Crippen LogP contribution in [0.3, 0.4) is 0 Å². The Balaban J connectivity index is 5.15. The van der Waals surface area contributed by atoms with E-state index in [0.29, 0.717) is 25.7 Å². The number of phosphoric acid groups is 2. The van der Waals surface area contributed by atoms with Crippen LogP contribution in [0.1, 0.15) is 407 Å². The Bertz CT molecular complexity index is 1840. The van der Waals surface area contributed by atoms with Crippen molar-refractivity contribution in [3.8, 4) is 0 Å². The average molecular weight is 1410 g/mol. The molecule has 3 N–H and O–H groups in total. The molecule has 19 heteroatoms. The van der Waals surface area contributed by atoms with Gasteiger partial charge in [0.25, 0.3) is 0 Å². The molecule has 0 aromatic carbocycles. The summed E-state index contributed by atoms with van der Waals surface area (Å²) in [5.41, 5.74) is 0. The monoisotopic (exact) mass is 1410 g/mol. The molecule has 96 heavy (non-hydrogen) atoms. The number of carbonyl (C=O) groups is 4. The number of rotatable bonds is 77. The predicted octanol–water partition coefficient (Wildman–Crippen LogP) is 22.9. The van der Waals surface area contributed by atoms with Gasteiger partial charge in [0, 0.05) is 25.7 Å². The van der Waals surface area contributed by atoms with Crippen molar-refractivity contribution in [1.29, 1.82) is 0 Å². The number of hydrogen-bond acceptors (Lipinski definition) is 15. The van der Waals surface area contributed by atoms with Crippen LogP contribution < -0.4 is 0 Å². The zero-order valence-corrected chi connectivity index (χ0v) is 64.3. The average Bonchev–Trinajstić information content (AvgIpc) is 1.18. The van der Waals surface area contributed by atoms with E-state index in [1.807, 2.05) is 0 Å². The lowest BCUT2D eigenvalue weighted by Gasteiger charge is -2.21. The van der Waals surface area contributed by atoms with Crippen LogP contribution in [0.2, 0.25) is 0 Å². The molecule has 0 heterocycles. The number of esters is 4. The second-order valence-corrected chi connectivity index (χ2v) is 31.1. The highest BCUT2D eigenvalue weighted by atomic mass is 31.2. The number of unbranched alkanes of at least 4 members (excludes halogenated alkanes) is 49. The van der Waals surface area contributed by atoms with Crippen molar-refractivity contribution in [2.75, 3.05) is 39.6 Å². The van der Waals surface area contributed by atoms with E-state index >= 15 is 0 Å². The summed E-state index contributed by atoms with van der Waals surface area (Å²) in [4.78, 5) is 72.7. The first kappa shape index (κ1) is 94.1. The maximum absolute atomic E-state index is 13.1. The molecule has 0 fully saturated rings. The van der Waals surface area contributed by atoms with Crippen molar-refractivity contribution in [1.82, 2.24) is 0 Å². The fraction of sp³-hybridized carbons (Fsp3) is 0.948. The zero-order valence-electron chi connectivity index (χ0n) is 62.5. The Morgan fingerprint density at radius 3 is 0.708 bits per heavy atom. The highest BCUT2D eigenvalue weighted by Gasteiger charge is 2.30. The predicted molar refractivity (Wildman–Crippen MR) is 391 cm³/mol. The highest BCUT2D eigenvalue weighted by molar-refractivity contribution is 7.47. The summed E-state index contributed by atoms with van der Waals surface area (Å²) in [5.74, 6) is -1.33. The van der Waals surface area contributed by atoms with E-state index in [1.165, 1.54) is 225 Å². The summed E-state index contributed by atoms with van der Waals surface area (Å²) in [6, 6.07) is 0. The number of aliphatic hydroxyl groups excluding tert-OH is 1. The summed E-state index contributed by atoms with van der Waals surface area (Å²) in [5, 5.41) is 10.6. The summed E-state index contributed by atoms with van der Waals surface area (Å²) in [6.45, 7) is 7.27. The molecule has 570 valence electrons. The molecule has 0 aliphatic heterocycles. The van der Waals surface area contributed by atoms with Gasteiger partial charge in [-0.2, -0.15) is 0 Å². The lowest BCUT2D eigenvalue weighted by Crippen LogP contribution is -2.30. The maximum Gasteiger partial charge on any atom is 0.472 e. The van der Waals surface area contributed by atoms with Gasteiger partial charge in [-0.05, 0) is 31.6 Å². The molecule has 17 nitrogen and oxygen atoms in total. The minimum Gasteiger partial charge on any atom is -0.462 e. The van der Waals surface area contributed by atoms with Crippen LogP contribution in [0.15, 0.2) is 0 Å². The van der Waals surface area contributed by atoms with Gasteiger partial charge in [0.15, 0.2) is 12.2 Å². The van der Waals surface area contributed by atoms with Crippen LogP contribution in [-0.4, -0.2) is 96.7 Å². The summed E-state index contributed by atoms with van der Waals surface area (Å²) < 4.78 is 68.4. The van der Waals surface area contributed by atoms with Gasteiger partial charge in [-0.3, -0.25) is 37.3 Å². The van der Waals surface area contributed by atoms with Gasteiger partial charge >= 0.3 is 39.5 Å². The normalized spacial score (nSPS) is 13.9. The van der Waals surface area contributed by atoms with Crippen LogP contribution in [0.4, 0.5) is 0 Å². The van der Waals surface area contributed by atoms with E-state index < -0.39 is 97.5 Å². The largest absolute Gasteiger partial charge is 0.472 e. The van der Waals surface area contributed by atoms with Crippen molar-refractivity contribution < 1.29 is 80.2 Å². The van der Waals surface area contributed by atoms with Crippen LogP contribution >= 0.6 is 15.6 Å². The molecule has 0 aromatic heterocycles. The summed E-state index contributed by atoms with van der Waals surface area (Å²) >= 11 is 0. The van der Waals surface area contributed by atoms with E-state index in [2.05, 4.69) is 34.6 Å². The molecule has 0 aliphatic rings. The van der Waals surface area contributed by atoms with Crippen molar-refractivity contribution in [3.63, 3.8) is 0 Å². The second kappa shape index (κ2) is 70.1. The molecule has 0 aliphatic carbocycles. The van der Waals surface area contributed by atoms with Gasteiger partial charge in [-0.25, -0.2) is 9.13 Å². The number of carbonyl (C=O) groups excluding carboxylic acids is 4. The van der Waals surface area contributed by atoms with Crippen LogP contribution in [0, 0.1) is 5.92 Å². The zero-order chi connectivity index (χ0) is 70.5. The van der Waals surface area contributed by atoms with E-state index in [0.717, 1.165) is 102 Å². The van der Waals surface area contributed by atoms with Gasteiger partial charge in [-0.15, -0.1) is 0 Å². The molecule has 0 saturated carbocycles. The lowest BCUT2D eigenvalue weighted by molar-refractivity contribution is -0.161. The molecule has 0 saturated heterocycles. The Morgan fingerprint density at radius 1 is 0.281 bits per heavy atom. The van der Waals surface area contributed by atoms with E-state index in [4.69, 9.17) is 37.0 Å². The smallest absolute Gasteiger partial charge is 0.462 e. The second-order valence-electron chi connectivity index (χ2n) is 28.2. The molecule has 0 aromatic rings. The van der Waals surface area contributed by atoms with Crippen LogP contribution in [0.5, 0.6) is 0 Å². The van der Waals surface area contributed by atoms with Crippen LogP contribution in [0.25, 0.3) is 0 Å². The van der Waals surface area contributed by atoms with Gasteiger partial charge < -0.3 is 33.8 Å². The van der Waals surface area contributed by atoms with Crippen molar-refractivity contribution in [2.45, 2.75) is 425 Å². The first-order valence-electron chi connectivity index (χ1n) is 40.1. The third-order valence-electron chi connectivity index (χ3n) is 18.0. The topological polar surface area (TPSA) is 237 Å². The van der Waals surface area contributed by atoms with E-state index in [1.54, 1.807) is 0 Å². The third kappa shape index (κ3) is 70.5. The molecule has 2 unspecified atom stereocenters. The minimum atomic E-state index is -4.96. The Kier molecular flexibility index (Phi) is 68.7. The Labute approximate surface area is 588 Å². The lowest BCUT2D eigenvalue weighted by atomic mass is 10.0. The third-order valence-corrected chi connectivity index (χ3v) is 19.9. The fourth-order valence-corrected chi connectivity index (χ4v) is 13.5. The highest BCUT2D eigenvalue weighted by Crippen LogP contribution is 2.45. The van der Waals surface area contributed by atoms with Crippen molar-refractivity contribution in [3.05, 3.63) is 0 Å². The first-order chi connectivity index (χ1) is 46.5. The van der Waals surface area contributed by atoms with Gasteiger partial charge in [0.1, 0.15) is 19.3 Å². The van der Waals surface area contributed by atoms with E-state index in [9.17, 15) is 43.2 Å². The standard InChI is InChI=1S/C77H150O17P2/c1-6-9-12-15-18-21-23-24-25-26-27-28-29-30-31-32-35-39-43-48-53-58-63-77(82)94-73(67-88-75(80)61-56-51-46-42-38-36-33-34-37-40-44-49-54-59-70(4)5)69-92-96(85,86)90-65-71(78)64-89-95(83,84)91-68-72(66-87-74(79)60-55-50-45-20-17-14-11-8-3)93-76(81)62-57-52-47-41-22-19-16-13-10-7-2/h70-73,78H,6-69H2,1-5H3,(H,83,84)(H,85,86)/t71-,72+,73+/m0/s1. The van der Waals surface area contributed by atoms with Crippen molar-refractivity contribution in [2.24, 2.45) is 5.92 Å². The quantitative estimate of drug-likeness (QED) is 0.0222. The molecule has 0 amide bonds. The first-order valence-corrected chi connectivity index (χ1v) is 43.1. The molecule has 0 spiro atoms. The Morgan fingerprint density at radius 2 is 0.479 bits per heavy atom. The van der Waals surface area contributed by atoms with Gasteiger partial charge in [-0.1, -0.05) is 356 Å². The number of ether oxygens (including phenoxy) is 4.